The van der Waals surface area contributed by atoms with Gasteiger partial charge in [-0.15, -0.1) is 0 Å². The van der Waals surface area contributed by atoms with Crippen molar-refractivity contribution in [1.82, 2.24) is 9.78 Å². The zero-order chi connectivity index (χ0) is 14.4. The monoisotopic (exact) mass is 271 g/mol. The van der Waals surface area contributed by atoms with Gasteiger partial charge < -0.3 is 15.8 Å². The SMILES string of the molecule is CCn1nc(C)c([N+](=O)[O-])c1NCCOCC(N)=O. The minimum Gasteiger partial charge on any atom is -0.370 e. The van der Waals surface area contributed by atoms with Gasteiger partial charge in [-0.2, -0.15) is 5.10 Å². The third-order valence-electron chi connectivity index (χ3n) is 2.36. The minimum atomic E-state index is -0.555. The van der Waals surface area contributed by atoms with E-state index in [4.69, 9.17) is 10.5 Å². The molecule has 19 heavy (non-hydrogen) atoms. The van der Waals surface area contributed by atoms with Gasteiger partial charge in [0.25, 0.3) is 0 Å². The van der Waals surface area contributed by atoms with Crippen LogP contribution in [-0.4, -0.2) is 40.4 Å². The summed E-state index contributed by atoms with van der Waals surface area (Å²) in [7, 11) is 0. The van der Waals surface area contributed by atoms with Crippen molar-refractivity contribution < 1.29 is 14.5 Å². The topological polar surface area (TPSA) is 125 Å². The largest absolute Gasteiger partial charge is 0.370 e. The zero-order valence-electron chi connectivity index (χ0n) is 10.9. The van der Waals surface area contributed by atoms with Crippen LogP contribution in [0.25, 0.3) is 0 Å². The van der Waals surface area contributed by atoms with Crippen LogP contribution in [0.3, 0.4) is 0 Å². The third-order valence-corrected chi connectivity index (χ3v) is 2.36. The molecule has 0 unspecified atom stereocenters. The fourth-order valence-corrected chi connectivity index (χ4v) is 1.61. The summed E-state index contributed by atoms with van der Waals surface area (Å²) in [5, 5.41) is 17.9. The number of hydrogen-bond donors (Lipinski definition) is 2. The first kappa shape index (κ1) is 14.9. The molecule has 0 fully saturated rings. The zero-order valence-corrected chi connectivity index (χ0v) is 10.9. The quantitative estimate of drug-likeness (QED) is 0.390. The molecule has 0 aliphatic rings. The summed E-state index contributed by atoms with van der Waals surface area (Å²) in [5.41, 5.74) is 5.22. The number of aryl methyl sites for hydroxylation is 2. The second-order valence-corrected chi connectivity index (χ2v) is 3.80. The van der Waals surface area contributed by atoms with E-state index < -0.39 is 10.8 Å². The normalized spacial score (nSPS) is 10.4. The first-order valence-electron chi connectivity index (χ1n) is 5.79. The number of rotatable bonds is 8. The van der Waals surface area contributed by atoms with E-state index in [0.717, 1.165) is 0 Å². The summed E-state index contributed by atoms with van der Waals surface area (Å²) in [6, 6.07) is 0. The van der Waals surface area contributed by atoms with E-state index in [0.29, 0.717) is 24.6 Å². The molecule has 0 spiro atoms. The molecular weight excluding hydrogens is 254 g/mol. The van der Waals surface area contributed by atoms with E-state index in [-0.39, 0.29) is 18.9 Å². The number of ether oxygens (including phenoxy) is 1. The summed E-state index contributed by atoms with van der Waals surface area (Å²) in [4.78, 5) is 21.0. The Balaban J connectivity index is 2.66. The average Bonchev–Trinajstić information content (AvgIpc) is 2.64. The third kappa shape index (κ3) is 3.91. The fourth-order valence-electron chi connectivity index (χ4n) is 1.61. The molecule has 0 radical (unpaired) electrons. The lowest BCUT2D eigenvalue weighted by molar-refractivity contribution is -0.384. The number of nitro groups is 1. The first-order valence-corrected chi connectivity index (χ1v) is 5.79. The summed E-state index contributed by atoms with van der Waals surface area (Å²) in [6.45, 7) is 4.30. The molecule has 1 rings (SSSR count). The standard InChI is InChI=1S/C10H17N5O4/c1-3-14-10(9(15(17)18)7(2)13-14)12-4-5-19-6-8(11)16/h12H,3-6H2,1-2H3,(H2,11,16). The number of amides is 1. The molecule has 1 amide bonds. The number of nitrogens with zero attached hydrogens (tertiary/aromatic N) is 3. The number of primary amides is 1. The lowest BCUT2D eigenvalue weighted by Gasteiger charge is -2.07. The van der Waals surface area contributed by atoms with Crippen LogP contribution in [0, 0.1) is 17.0 Å². The van der Waals surface area contributed by atoms with E-state index >= 15 is 0 Å². The van der Waals surface area contributed by atoms with Gasteiger partial charge in [-0.3, -0.25) is 14.9 Å². The number of carbonyl (C=O) groups excluding carboxylic acids is 1. The van der Waals surface area contributed by atoms with Crippen LogP contribution < -0.4 is 11.1 Å². The van der Waals surface area contributed by atoms with Crippen molar-refractivity contribution in [2.75, 3.05) is 25.1 Å². The van der Waals surface area contributed by atoms with Crippen molar-refractivity contribution in [2.45, 2.75) is 20.4 Å². The molecule has 1 aromatic rings. The van der Waals surface area contributed by atoms with Gasteiger partial charge in [-0.05, 0) is 13.8 Å². The smallest absolute Gasteiger partial charge is 0.333 e. The highest BCUT2D eigenvalue weighted by Gasteiger charge is 2.24. The fraction of sp³-hybridized carbons (Fsp3) is 0.600. The van der Waals surface area contributed by atoms with Crippen LogP contribution in [0.1, 0.15) is 12.6 Å². The Hall–Kier alpha value is -2.16. The van der Waals surface area contributed by atoms with Crippen molar-refractivity contribution in [3.05, 3.63) is 15.8 Å². The molecule has 0 bridgehead atoms. The molecule has 0 atom stereocenters. The predicted molar refractivity (Wildman–Crippen MR) is 67.8 cm³/mol. The van der Waals surface area contributed by atoms with Gasteiger partial charge in [0.2, 0.25) is 11.7 Å². The van der Waals surface area contributed by atoms with Crippen molar-refractivity contribution in [3.8, 4) is 0 Å². The van der Waals surface area contributed by atoms with Crippen LogP contribution in [-0.2, 0) is 16.1 Å². The minimum absolute atomic E-state index is 0.0447. The molecule has 106 valence electrons. The predicted octanol–water partition coefficient (Wildman–Crippen LogP) is 0.0334. The molecule has 0 saturated carbocycles. The van der Waals surface area contributed by atoms with Crippen molar-refractivity contribution >= 4 is 17.4 Å². The van der Waals surface area contributed by atoms with E-state index in [1.54, 1.807) is 6.92 Å². The van der Waals surface area contributed by atoms with Gasteiger partial charge in [0.1, 0.15) is 12.3 Å². The van der Waals surface area contributed by atoms with E-state index in [1.165, 1.54) is 4.68 Å². The lowest BCUT2D eigenvalue weighted by atomic mass is 10.4. The summed E-state index contributed by atoms with van der Waals surface area (Å²) < 4.78 is 6.48. The molecule has 0 aliphatic heterocycles. The van der Waals surface area contributed by atoms with Crippen LogP contribution in [0.5, 0.6) is 0 Å². The Morgan fingerprint density at radius 3 is 2.84 bits per heavy atom. The maximum absolute atomic E-state index is 11.0. The Labute approximate surface area is 109 Å². The second kappa shape index (κ2) is 6.69. The number of carbonyl (C=O) groups is 1. The molecule has 9 heteroatoms. The van der Waals surface area contributed by atoms with E-state index in [2.05, 4.69) is 10.4 Å². The molecule has 0 aromatic carbocycles. The van der Waals surface area contributed by atoms with E-state index in [1.807, 2.05) is 6.92 Å². The Kier molecular flexibility index (Phi) is 5.24. The van der Waals surface area contributed by atoms with Crippen LogP contribution in [0.15, 0.2) is 0 Å². The van der Waals surface area contributed by atoms with Crippen LogP contribution >= 0.6 is 0 Å². The van der Waals surface area contributed by atoms with Gasteiger partial charge in [0.05, 0.1) is 11.5 Å². The number of aromatic nitrogens is 2. The molecule has 1 heterocycles. The molecule has 0 saturated heterocycles. The van der Waals surface area contributed by atoms with Gasteiger partial charge in [-0.1, -0.05) is 0 Å². The molecule has 1 aromatic heterocycles. The maximum atomic E-state index is 11.0. The average molecular weight is 271 g/mol. The van der Waals surface area contributed by atoms with E-state index in [9.17, 15) is 14.9 Å². The summed E-state index contributed by atoms with van der Waals surface area (Å²) in [5.74, 6) is -0.215. The number of nitrogens with one attached hydrogen (secondary N) is 1. The number of hydrogen-bond acceptors (Lipinski definition) is 6. The highest BCUT2D eigenvalue weighted by Crippen LogP contribution is 2.27. The Morgan fingerprint density at radius 1 is 1.63 bits per heavy atom. The van der Waals surface area contributed by atoms with Crippen LogP contribution in [0.2, 0.25) is 0 Å². The summed E-state index contributed by atoms with van der Waals surface area (Å²) in [6.07, 6.45) is 0. The number of anilines is 1. The molecular formula is C10H17N5O4. The van der Waals surface area contributed by atoms with Crippen molar-refractivity contribution in [3.63, 3.8) is 0 Å². The first-order chi connectivity index (χ1) is 8.97. The number of nitrogens with two attached hydrogens (primary N) is 1. The van der Waals surface area contributed by atoms with Gasteiger partial charge in [0, 0.05) is 13.1 Å². The van der Waals surface area contributed by atoms with Gasteiger partial charge >= 0.3 is 5.69 Å². The lowest BCUT2D eigenvalue weighted by Crippen LogP contribution is -2.21. The van der Waals surface area contributed by atoms with Crippen LogP contribution in [0.4, 0.5) is 11.5 Å². The second-order valence-electron chi connectivity index (χ2n) is 3.80. The maximum Gasteiger partial charge on any atom is 0.333 e. The highest BCUT2D eigenvalue weighted by atomic mass is 16.6. The van der Waals surface area contributed by atoms with Gasteiger partial charge in [0.15, 0.2) is 0 Å². The molecule has 9 nitrogen and oxygen atoms in total. The Bertz CT molecular complexity index is 471. The molecule has 0 aliphatic carbocycles. The highest BCUT2D eigenvalue weighted by molar-refractivity contribution is 5.74. The van der Waals surface area contributed by atoms with Crippen molar-refractivity contribution in [1.29, 1.82) is 0 Å². The Morgan fingerprint density at radius 2 is 2.32 bits per heavy atom. The van der Waals surface area contributed by atoms with Crippen molar-refractivity contribution in [2.24, 2.45) is 5.73 Å². The summed E-state index contributed by atoms with van der Waals surface area (Å²) >= 11 is 0. The van der Waals surface area contributed by atoms with Gasteiger partial charge in [-0.25, -0.2) is 4.68 Å². The molecule has 3 N–H and O–H groups in total.